The summed E-state index contributed by atoms with van der Waals surface area (Å²) in [4.78, 5) is 11.7. The average Bonchev–Trinajstić information content (AvgIpc) is 2.52. The number of phenols is 1. The summed E-state index contributed by atoms with van der Waals surface area (Å²) in [5.41, 5.74) is 2.73. The Morgan fingerprint density at radius 3 is 2.71 bits per heavy atom. The second-order valence-electron chi connectivity index (χ2n) is 4.37. The molecular formula is C14H17NO2. The Labute approximate surface area is 101 Å². The molecule has 0 fully saturated rings. The van der Waals surface area contributed by atoms with Gasteiger partial charge in [0.15, 0.2) is 5.78 Å². The number of aromatic hydroxyl groups is 1. The maximum atomic E-state index is 11.7. The van der Waals surface area contributed by atoms with Gasteiger partial charge >= 0.3 is 0 Å². The van der Waals surface area contributed by atoms with Crippen molar-refractivity contribution >= 4 is 16.7 Å². The Morgan fingerprint density at radius 2 is 2.12 bits per heavy atom. The smallest absolute Gasteiger partial charge is 0.162 e. The largest absolute Gasteiger partial charge is 0.508 e. The third-order valence-corrected chi connectivity index (χ3v) is 3.11. The van der Waals surface area contributed by atoms with Crippen LogP contribution < -0.4 is 0 Å². The molecule has 1 aromatic carbocycles. The highest BCUT2D eigenvalue weighted by Gasteiger charge is 2.16. The molecule has 0 saturated carbocycles. The van der Waals surface area contributed by atoms with E-state index in [0.717, 1.165) is 35.1 Å². The molecule has 0 atom stereocenters. The lowest BCUT2D eigenvalue weighted by atomic mass is 10.1. The number of Topliss-reactive ketones (excluding diaryl/α,β-unsaturated/α-hetero) is 1. The average molecular weight is 231 g/mol. The maximum Gasteiger partial charge on any atom is 0.162 e. The molecule has 17 heavy (non-hydrogen) atoms. The van der Waals surface area contributed by atoms with Gasteiger partial charge < -0.3 is 9.67 Å². The lowest BCUT2D eigenvalue weighted by molar-refractivity contribution is 0.101. The first-order valence-electron chi connectivity index (χ1n) is 5.89. The summed E-state index contributed by atoms with van der Waals surface area (Å²) in [5, 5.41) is 10.4. The monoisotopic (exact) mass is 231 g/mol. The van der Waals surface area contributed by atoms with Gasteiger partial charge in [0.1, 0.15) is 5.75 Å². The van der Waals surface area contributed by atoms with Gasteiger partial charge in [0.25, 0.3) is 0 Å². The van der Waals surface area contributed by atoms with Crippen LogP contribution in [-0.4, -0.2) is 15.5 Å². The summed E-state index contributed by atoms with van der Waals surface area (Å²) in [6, 6.07) is 5.21. The number of aryl methyl sites for hydroxylation is 1. The third-order valence-electron chi connectivity index (χ3n) is 3.11. The number of rotatable bonds is 3. The van der Waals surface area contributed by atoms with Crippen LogP contribution in [0.2, 0.25) is 0 Å². The highest BCUT2D eigenvalue weighted by atomic mass is 16.3. The number of hydrogen-bond donors (Lipinski definition) is 1. The molecule has 3 nitrogen and oxygen atoms in total. The molecule has 0 unspecified atom stereocenters. The Bertz CT molecular complexity index is 581. The predicted molar refractivity (Wildman–Crippen MR) is 68.6 cm³/mol. The second kappa shape index (κ2) is 4.24. The molecule has 1 heterocycles. The van der Waals surface area contributed by atoms with Crippen molar-refractivity contribution in [3.8, 4) is 5.75 Å². The van der Waals surface area contributed by atoms with E-state index in [2.05, 4.69) is 11.5 Å². The van der Waals surface area contributed by atoms with E-state index in [4.69, 9.17) is 0 Å². The van der Waals surface area contributed by atoms with Crippen LogP contribution in [0.25, 0.3) is 10.9 Å². The van der Waals surface area contributed by atoms with Gasteiger partial charge in [-0.1, -0.05) is 6.92 Å². The van der Waals surface area contributed by atoms with Gasteiger partial charge in [0.05, 0.1) is 0 Å². The minimum atomic E-state index is 0.0490. The van der Waals surface area contributed by atoms with Crippen molar-refractivity contribution in [3.63, 3.8) is 0 Å². The molecule has 3 heteroatoms. The number of hydrogen-bond acceptors (Lipinski definition) is 2. The normalized spacial score (nSPS) is 11.0. The Morgan fingerprint density at radius 1 is 1.41 bits per heavy atom. The van der Waals surface area contributed by atoms with E-state index in [0.29, 0.717) is 0 Å². The van der Waals surface area contributed by atoms with Gasteiger partial charge in [0.2, 0.25) is 0 Å². The van der Waals surface area contributed by atoms with Crippen molar-refractivity contribution < 1.29 is 9.90 Å². The predicted octanol–water partition coefficient (Wildman–Crippen LogP) is 3.27. The highest BCUT2D eigenvalue weighted by Crippen LogP contribution is 2.29. The number of benzene rings is 1. The summed E-state index contributed by atoms with van der Waals surface area (Å²) in [6.07, 6.45) is 1.02. The molecule has 0 spiro atoms. The first kappa shape index (κ1) is 11.7. The molecule has 0 bridgehead atoms. The molecule has 90 valence electrons. The number of carbonyl (C=O) groups is 1. The van der Waals surface area contributed by atoms with Crippen LogP contribution >= 0.6 is 0 Å². The van der Waals surface area contributed by atoms with Gasteiger partial charge in [0, 0.05) is 28.7 Å². The van der Waals surface area contributed by atoms with Gasteiger partial charge in [-0.25, -0.2) is 0 Å². The summed E-state index contributed by atoms with van der Waals surface area (Å²) < 4.78 is 2.14. The van der Waals surface area contributed by atoms with Crippen LogP contribution in [0.4, 0.5) is 0 Å². The number of ketones is 1. The number of carbonyl (C=O) groups excluding carboxylic acids is 1. The van der Waals surface area contributed by atoms with Crippen LogP contribution in [0.5, 0.6) is 5.75 Å². The summed E-state index contributed by atoms with van der Waals surface area (Å²) in [6.45, 7) is 6.53. The van der Waals surface area contributed by atoms with Crippen molar-refractivity contribution in [1.82, 2.24) is 4.57 Å². The maximum absolute atomic E-state index is 11.7. The van der Waals surface area contributed by atoms with Crippen molar-refractivity contribution in [2.24, 2.45) is 0 Å². The fourth-order valence-electron chi connectivity index (χ4n) is 2.43. The number of fused-ring (bicyclic) bond motifs is 1. The molecule has 0 amide bonds. The minimum absolute atomic E-state index is 0.0490. The SMILES string of the molecule is CCCn1c(C)c(C(C)=O)c2cc(O)ccc21. The van der Waals surface area contributed by atoms with E-state index in [1.54, 1.807) is 19.1 Å². The molecule has 2 aromatic rings. The van der Waals surface area contributed by atoms with Crippen molar-refractivity contribution in [2.75, 3.05) is 0 Å². The molecule has 1 aromatic heterocycles. The van der Waals surface area contributed by atoms with Crippen molar-refractivity contribution in [2.45, 2.75) is 33.7 Å². The molecule has 1 N–H and O–H groups in total. The van der Waals surface area contributed by atoms with E-state index in [-0.39, 0.29) is 11.5 Å². The number of aromatic nitrogens is 1. The summed E-state index contributed by atoms with van der Waals surface area (Å²) >= 11 is 0. The number of nitrogens with zero attached hydrogens (tertiary/aromatic N) is 1. The molecular weight excluding hydrogens is 214 g/mol. The first-order chi connectivity index (χ1) is 8.06. The van der Waals surface area contributed by atoms with E-state index >= 15 is 0 Å². The molecule has 2 rings (SSSR count). The van der Waals surface area contributed by atoms with Crippen LogP contribution in [-0.2, 0) is 6.54 Å². The van der Waals surface area contributed by atoms with E-state index in [1.165, 1.54) is 0 Å². The zero-order valence-corrected chi connectivity index (χ0v) is 10.4. The van der Waals surface area contributed by atoms with E-state index < -0.39 is 0 Å². The van der Waals surface area contributed by atoms with Crippen molar-refractivity contribution in [3.05, 3.63) is 29.5 Å². The second-order valence-corrected chi connectivity index (χ2v) is 4.37. The molecule has 0 aliphatic carbocycles. The standard InChI is InChI=1S/C14H17NO2/c1-4-7-15-9(2)14(10(3)16)12-8-11(17)5-6-13(12)15/h5-6,8,17H,4,7H2,1-3H3. The van der Waals surface area contributed by atoms with E-state index in [1.807, 2.05) is 13.0 Å². The van der Waals surface area contributed by atoms with Gasteiger partial charge in [-0.15, -0.1) is 0 Å². The van der Waals surface area contributed by atoms with Gasteiger partial charge in [-0.05, 0) is 38.5 Å². The van der Waals surface area contributed by atoms with Gasteiger partial charge in [-0.2, -0.15) is 0 Å². The Hall–Kier alpha value is -1.77. The highest BCUT2D eigenvalue weighted by molar-refractivity contribution is 6.08. The van der Waals surface area contributed by atoms with Crippen LogP contribution in [0.1, 0.15) is 36.3 Å². The third kappa shape index (κ3) is 1.82. The van der Waals surface area contributed by atoms with Gasteiger partial charge in [-0.3, -0.25) is 4.79 Å². The number of phenolic OH excluding ortho intramolecular Hbond substituents is 1. The van der Waals surface area contributed by atoms with Crippen LogP contribution in [0.15, 0.2) is 18.2 Å². The zero-order valence-electron chi connectivity index (χ0n) is 10.4. The molecule has 0 aliphatic heterocycles. The Kier molecular flexibility index (Phi) is 2.92. The lowest BCUT2D eigenvalue weighted by Crippen LogP contribution is -2.01. The fraction of sp³-hybridized carbons (Fsp3) is 0.357. The topological polar surface area (TPSA) is 42.2 Å². The molecule has 0 saturated heterocycles. The Balaban J connectivity index is 2.83. The minimum Gasteiger partial charge on any atom is -0.508 e. The fourth-order valence-corrected chi connectivity index (χ4v) is 2.43. The van der Waals surface area contributed by atoms with Crippen molar-refractivity contribution in [1.29, 1.82) is 0 Å². The van der Waals surface area contributed by atoms with Crippen LogP contribution in [0.3, 0.4) is 0 Å². The quantitative estimate of drug-likeness (QED) is 0.824. The molecule has 0 radical (unpaired) electrons. The zero-order chi connectivity index (χ0) is 12.6. The first-order valence-corrected chi connectivity index (χ1v) is 5.89. The van der Waals surface area contributed by atoms with E-state index in [9.17, 15) is 9.90 Å². The van der Waals surface area contributed by atoms with Crippen LogP contribution in [0, 0.1) is 6.92 Å². The summed E-state index contributed by atoms with van der Waals surface area (Å²) in [5.74, 6) is 0.251. The lowest BCUT2D eigenvalue weighted by Gasteiger charge is -2.05. The summed E-state index contributed by atoms with van der Waals surface area (Å²) in [7, 11) is 0. The molecule has 0 aliphatic rings.